The number of benzene rings is 12. The fourth-order valence-corrected chi connectivity index (χ4v) is 13.9. The smallest absolute Gasteiger partial charge is 0.235 e. The number of aromatic amines is 2. The van der Waals surface area contributed by atoms with Crippen molar-refractivity contribution in [1.82, 2.24) is 19.9 Å². The van der Waals surface area contributed by atoms with Gasteiger partial charge in [-0.3, -0.25) is 28.8 Å². The summed E-state index contributed by atoms with van der Waals surface area (Å²) < 4.78 is 95.3. The molecule has 8 aromatic heterocycles. The van der Waals surface area contributed by atoms with Crippen LogP contribution in [0.15, 0.2) is 311 Å². The molecule has 0 bridgehead atoms. The maximum Gasteiger partial charge on any atom is 0.235 e. The fourth-order valence-electron chi connectivity index (χ4n) is 13.9. The van der Waals surface area contributed by atoms with E-state index < -0.39 is 90.7 Å². The van der Waals surface area contributed by atoms with Crippen LogP contribution >= 0.6 is 0 Å². The van der Waals surface area contributed by atoms with Crippen LogP contribution in [-0.4, -0.2) is 110 Å². The second-order valence-electron chi connectivity index (χ2n) is 29.7. The Hall–Kier alpha value is -17.8. The van der Waals surface area contributed by atoms with Crippen molar-refractivity contribution < 1.29 is 89.7 Å². The highest BCUT2D eigenvalue weighted by atomic mass is 19.1. The zero-order valence-electron chi connectivity index (χ0n) is 69.9. The van der Waals surface area contributed by atoms with Crippen LogP contribution in [0.2, 0.25) is 0 Å². The van der Waals surface area contributed by atoms with Crippen molar-refractivity contribution in [1.29, 1.82) is 0 Å². The van der Waals surface area contributed by atoms with Crippen molar-refractivity contribution >= 4 is 105 Å². The Morgan fingerprint density at radius 2 is 0.626 bits per heavy atom. The van der Waals surface area contributed by atoms with E-state index in [1.807, 2.05) is 106 Å². The number of imidazole rings is 2. The van der Waals surface area contributed by atoms with E-state index in [1.165, 1.54) is 43.8 Å². The van der Waals surface area contributed by atoms with Gasteiger partial charge in [-0.05, 0) is 133 Å². The molecule has 12 aromatic carbocycles. The zero-order chi connectivity index (χ0) is 93.1. The van der Waals surface area contributed by atoms with Gasteiger partial charge in [-0.2, -0.15) is 13.2 Å². The van der Waals surface area contributed by atoms with Crippen molar-refractivity contribution in [2.75, 3.05) is 64.1 Å². The number of hydrogen-bond acceptors (Lipinski definition) is 26. The van der Waals surface area contributed by atoms with Gasteiger partial charge in [0.1, 0.15) is 33.8 Å². The largest absolute Gasteiger partial charge is 0.504 e. The summed E-state index contributed by atoms with van der Waals surface area (Å²) in [5, 5.41) is 77.3. The Balaban J connectivity index is 0.000000121. The predicted octanol–water partition coefficient (Wildman–Crippen LogP) is 18.9. The summed E-state index contributed by atoms with van der Waals surface area (Å²) in [5.41, 5.74) is 5.35. The molecule has 0 saturated heterocycles. The first-order valence-electron chi connectivity index (χ1n) is 39.5. The molecule has 0 unspecified atom stereocenters. The lowest BCUT2D eigenvalue weighted by Crippen LogP contribution is -2.09. The average molecular weight is 1770 g/mol. The predicted molar refractivity (Wildman–Crippen MR) is 490 cm³/mol. The zero-order valence-corrected chi connectivity index (χ0v) is 69.9. The molecular weight excluding hydrogens is 1700 g/mol. The minimum atomic E-state index is -1.04. The van der Waals surface area contributed by atoms with Crippen molar-refractivity contribution in [2.24, 2.45) is 0 Å². The van der Waals surface area contributed by atoms with E-state index in [2.05, 4.69) is 19.9 Å². The molecule has 8 heterocycles. The Morgan fingerprint density at radius 3 is 1.04 bits per heavy atom. The Kier molecular flexibility index (Phi) is 24.7. The topological polar surface area (TPSA) is 419 Å². The van der Waals surface area contributed by atoms with E-state index in [1.54, 1.807) is 146 Å². The number of nitrogens with zero attached hydrogens (tertiary/aromatic N) is 5. The number of ether oxygens (including phenoxy) is 1. The van der Waals surface area contributed by atoms with E-state index in [4.69, 9.17) is 31.2 Å². The number of aromatic nitrogens is 4. The minimum absolute atomic E-state index is 0.0544. The van der Waals surface area contributed by atoms with Gasteiger partial charge >= 0.3 is 0 Å². The number of anilines is 3. The molecule has 0 fully saturated rings. The molecule has 131 heavy (non-hydrogen) atoms. The van der Waals surface area contributed by atoms with Crippen LogP contribution in [-0.2, 0) is 0 Å². The van der Waals surface area contributed by atoms with Gasteiger partial charge in [0.2, 0.25) is 67.9 Å². The standard InChI is InChI=1S/C18H14FN3O2.C18H15N3O2.C17H14FNO4.C16H12O5.2C15H9FO4/c1-22(2)11-5-3-10(4-6-11)17-14(19)16(23)12-7-8-13-15(18(12)24-17)21-9-20-13;1-21(2)12-5-3-11(4-6-12)16-9-15(22)13-7-8-14-17(18(13)23-16)20-10-19-14;1-19(2)10-5-3-9(4-6-10)16-13(18)14(21)11-7-8-12(20)15(22)17(11)23-16;1-20-16-12(18)10-7-8-11(17)13(19)15(10)21-14(16)9-5-3-2-4-6-9;16-9-6-11(18)14(19)15-13(9)10(17)7-12(20-15)8-4-2-1-3-5-8;16-11-12(18)9-6-7-10(17)13(19)15(9)20-14(11)8-4-2-1-3-5-8/h3-9H,1-2H3,(H,20,21);3-10H,1-2H3,(H,19,20);3-8,20,22H,1-2H3;2-8,17,19H,1H3;1-7,18-19H;1-7,17,19H. The number of aromatic hydroxyl groups is 8. The summed E-state index contributed by atoms with van der Waals surface area (Å²) in [6.45, 7) is 0. The lowest BCUT2D eigenvalue weighted by Gasteiger charge is -2.13. The van der Waals surface area contributed by atoms with Crippen LogP contribution in [0.25, 0.3) is 156 Å². The summed E-state index contributed by atoms with van der Waals surface area (Å²) in [6, 6.07) is 65.1. The molecule has 0 saturated carbocycles. The summed E-state index contributed by atoms with van der Waals surface area (Å²) in [5.74, 6) is -7.77. The van der Waals surface area contributed by atoms with Crippen molar-refractivity contribution in [3.63, 3.8) is 0 Å². The van der Waals surface area contributed by atoms with Gasteiger partial charge in [0.15, 0.2) is 90.4 Å². The monoisotopic (exact) mass is 1770 g/mol. The molecule has 0 atom stereocenters. The van der Waals surface area contributed by atoms with Gasteiger partial charge in [0.05, 0.1) is 57.7 Å². The molecule has 0 radical (unpaired) electrons. The number of phenolic OH excluding ortho intramolecular Hbond substituents is 8. The van der Waals surface area contributed by atoms with Gasteiger partial charge in [-0.15, -0.1) is 0 Å². The Bertz CT molecular complexity index is 8170. The normalized spacial score (nSPS) is 11.0. The van der Waals surface area contributed by atoms with Gasteiger partial charge in [0, 0.05) is 111 Å². The third-order valence-corrected chi connectivity index (χ3v) is 20.8. The summed E-state index contributed by atoms with van der Waals surface area (Å²) in [6.07, 6.45) is 3.11. The second kappa shape index (κ2) is 36.8. The van der Waals surface area contributed by atoms with Crippen LogP contribution in [0, 0.1) is 23.3 Å². The van der Waals surface area contributed by atoms with Gasteiger partial charge in [-0.1, -0.05) is 91.0 Å². The molecule has 658 valence electrons. The number of rotatable bonds is 10. The van der Waals surface area contributed by atoms with Crippen molar-refractivity contribution in [2.45, 2.75) is 0 Å². The highest BCUT2D eigenvalue weighted by Crippen LogP contribution is 2.42. The van der Waals surface area contributed by atoms with Crippen LogP contribution in [0.3, 0.4) is 0 Å². The first-order valence-corrected chi connectivity index (χ1v) is 39.5. The third kappa shape index (κ3) is 17.5. The number of fused-ring (bicyclic) bond motifs is 10. The first-order chi connectivity index (χ1) is 62.9. The molecule has 10 N–H and O–H groups in total. The molecule has 0 aliphatic heterocycles. The van der Waals surface area contributed by atoms with E-state index >= 15 is 0 Å². The van der Waals surface area contributed by atoms with Crippen molar-refractivity contribution in [3.05, 3.63) is 340 Å². The summed E-state index contributed by atoms with van der Waals surface area (Å²) in [4.78, 5) is 93.5. The SMILES string of the molecule is CN(C)c1ccc(-c2cc(=O)c3ccc4[nH]cnc4c3o2)cc1.CN(C)c1ccc(-c2oc3c(O)c(O)ccc3c(=O)c2F)cc1.CN(C)c1ccc(-c2oc3c(ccc4[nH]cnc43)c(=O)c2F)cc1.COc1c(-c2ccccc2)oc2c(O)c(O)ccc2c1=O.O=c1c(F)c(-c2ccccc2)oc2c(O)c(O)ccc12.O=c1cc(-c2ccccc2)oc2c(O)c(O)cc(F)c12. The van der Waals surface area contributed by atoms with Crippen LogP contribution in [0.4, 0.5) is 34.6 Å². The quantitative estimate of drug-likeness (QED) is 0.0449. The lowest BCUT2D eigenvalue weighted by molar-refractivity contribution is 0.387. The molecule has 0 spiro atoms. The average Bonchev–Trinajstić information content (AvgIpc) is 1.74. The van der Waals surface area contributed by atoms with Crippen LogP contribution in [0.1, 0.15) is 0 Å². The molecule has 28 nitrogen and oxygen atoms in total. The van der Waals surface area contributed by atoms with Gasteiger partial charge in [-0.25, -0.2) is 14.4 Å². The first kappa shape index (κ1) is 88.0. The molecule has 32 heteroatoms. The number of H-pyrrole nitrogens is 2. The molecule has 0 aliphatic carbocycles. The van der Waals surface area contributed by atoms with E-state index in [0.717, 1.165) is 51.9 Å². The summed E-state index contributed by atoms with van der Waals surface area (Å²) >= 11 is 0. The highest BCUT2D eigenvalue weighted by molar-refractivity contribution is 6.02. The van der Waals surface area contributed by atoms with Crippen LogP contribution < -0.4 is 52.0 Å². The maximum atomic E-state index is 14.6. The lowest BCUT2D eigenvalue weighted by atomic mass is 10.1. The third-order valence-electron chi connectivity index (χ3n) is 20.8. The number of hydrogen-bond donors (Lipinski definition) is 10. The second-order valence-corrected chi connectivity index (χ2v) is 29.7. The number of methoxy groups -OCH3 is 1. The Labute approximate surface area is 734 Å². The van der Waals surface area contributed by atoms with Gasteiger partial charge < -0.3 is 96.8 Å². The van der Waals surface area contributed by atoms with Crippen LogP contribution in [0.5, 0.6) is 51.7 Å². The van der Waals surface area contributed by atoms with E-state index in [9.17, 15) is 87.2 Å². The van der Waals surface area contributed by atoms with E-state index in [0.29, 0.717) is 61.6 Å². The number of halogens is 4. The van der Waals surface area contributed by atoms with Gasteiger partial charge in [0.25, 0.3) is 0 Å². The molecule has 0 amide bonds. The van der Waals surface area contributed by atoms with Crippen molar-refractivity contribution in [3.8, 4) is 120 Å². The highest BCUT2D eigenvalue weighted by Gasteiger charge is 2.26. The fraction of sp³-hybridized carbons (Fsp3) is 0.0707. The Morgan fingerprint density at radius 1 is 0.313 bits per heavy atom. The maximum absolute atomic E-state index is 14.6. The van der Waals surface area contributed by atoms with E-state index in [-0.39, 0.29) is 101 Å². The minimum Gasteiger partial charge on any atom is -0.504 e. The number of phenols is 8. The molecule has 0 aliphatic rings. The molecule has 20 aromatic rings. The molecular formula is C99H73F4N7O21. The number of nitrogens with one attached hydrogen (secondary N) is 2. The summed E-state index contributed by atoms with van der Waals surface area (Å²) in [7, 11) is 12.9. The molecule has 20 rings (SSSR count).